The second-order valence-electron chi connectivity index (χ2n) is 9.23. The Morgan fingerprint density at radius 3 is 2.88 bits per heavy atom. The van der Waals surface area contributed by atoms with Crippen LogP contribution in [0.3, 0.4) is 0 Å². The molecule has 0 radical (unpaired) electrons. The van der Waals surface area contributed by atoms with Crippen LogP contribution in [0.4, 0.5) is 11.4 Å². The van der Waals surface area contributed by atoms with Crippen molar-refractivity contribution in [3.05, 3.63) is 65.4 Å². The average Bonchev–Trinajstić information content (AvgIpc) is 3.16. The molecular formula is C26H30N6. The third-order valence-corrected chi connectivity index (χ3v) is 6.80. The molecule has 0 aliphatic carbocycles. The van der Waals surface area contributed by atoms with Gasteiger partial charge in [0.05, 0.1) is 17.1 Å². The lowest BCUT2D eigenvalue weighted by molar-refractivity contribution is 0.134. The minimum Gasteiger partial charge on any atom is -0.384 e. The van der Waals surface area contributed by atoms with Crippen LogP contribution in [0.1, 0.15) is 29.7 Å². The van der Waals surface area contributed by atoms with Crippen molar-refractivity contribution >= 4 is 22.3 Å². The number of nitriles is 1. The third kappa shape index (κ3) is 3.68. The van der Waals surface area contributed by atoms with Crippen LogP contribution in [-0.2, 0) is 6.54 Å². The zero-order valence-corrected chi connectivity index (χ0v) is 19.0. The third-order valence-electron chi connectivity index (χ3n) is 6.80. The molecule has 164 valence electrons. The van der Waals surface area contributed by atoms with Crippen molar-refractivity contribution in [1.29, 1.82) is 5.26 Å². The SMILES string of the molecule is C[C@@H]1CN(c2ccc(C#N)c3ncccc23)C[C@@H]2c3ccc(NCCN(C)C)cc3CN12. The standard InChI is InChI=1S/C26H30N6/c1-18-15-31(24-9-6-19(14-27)26-23(24)5-4-10-29-26)17-25-22-8-7-21(28-11-12-30(2)3)13-20(22)16-32(18)25/h4-10,13,18,25,28H,11-12,15-17H2,1-3H3/t18-,25-/m1/s1. The molecule has 1 fully saturated rings. The number of nitrogens with zero attached hydrogens (tertiary/aromatic N) is 5. The predicted octanol–water partition coefficient (Wildman–Crippen LogP) is 3.85. The van der Waals surface area contributed by atoms with E-state index in [1.54, 1.807) is 6.20 Å². The van der Waals surface area contributed by atoms with E-state index in [0.717, 1.165) is 43.6 Å². The van der Waals surface area contributed by atoms with Gasteiger partial charge in [0.25, 0.3) is 0 Å². The molecule has 2 atom stereocenters. The summed E-state index contributed by atoms with van der Waals surface area (Å²) in [6.07, 6.45) is 1.77. The van der Waals surface area contributed by atoms with Crippen LogP contribution >= 0.6 is 0 Å². The Morgan fingerprint density at radius 2 is 2.06 bits per heavy atom. The molecule has 1 N–H and O–H groups in total. The normalized spacial score (nSPS) is 20.3. The zero-order chi connectivity index (χ0) is 22.2. The number of pyridine rings is 1. The first-order valence-electron chi connectivity index (χ1n) is 11.3. The smallest absolute Gasteiger partial charge is 0.101 e. The highest BCUT2D eigenvalue weighted by Crippen LogP contribution is 2.41. The Bertz CT molecular complexity index is 1180. The maximum atomic E-state index is 9.50. The second-order valence-corrected chi connectivity index (χ2v) is 9.23. The van der Waals surface area contributed by atoms with E-state index in [9.17, 15) is 5.26 Å². The summed E-state index contributed by atoms with van der Waals surface area (Å²) in [5.74, 6) is 0. The number of piperazine rings is 1. The number of aromatic nitrogens is 1. The summed E-state index contributed by atoms with van der Waals surface area (Å²) in [5, 5.41) is 14.1. The van der Waals surface area contributed by atoms with Gasteiger partial charge in [-0.25, -0.2) is 0 Å². The quantitative estimate of drug-likeness (QED) is 0.669. The Hall–Kier alpha value is -3.14. The fourth-order valence-corrected chi connectivity index (χ4v) is 5.18. The molecular weight excluding hydrogens is 396 g/mol. The lowest BCUT2D eigenvalue weighted by atomic mass is 9.99. The zero-order valence-electron chi connectivity index (χ0n) is 19.0. The van der Waals surface area contributed by atoms with E-state index in [0.29, 0.717) is 17.6 Å². The molecule has 0 unspecified atom stereocenters. The number of hydrogen-bond donors (Lipinski definition) is 1. The van der Waals surface area contributed by atoms with Gasteiger partial charge in [0.15, 0.2) is 0 Å². The maximum absolute atomic E-state index is 9.50. The Kier molecular flexibility index (Phi) is 5.46. The molecule has 2 aromatic carbocycles. The van der Waals surface area contributed by atoms with Crippen LogP contribution in [-0.4, -0.2) is 61.1 Å². The fraction of sp³-hybridized carbons (Fsp3) is 0.385. The Labute approximate surface area is 190 Å². The van der Waals surface area contributed by atoms with Crippen LogP contribution in [0.15, 0.2) is 48.7 Å². The molecule has 2 aliphatic rings. The number of likely N-dealkylation sites (N-methyl/N-ethyl adjacent to an activating group) is 1. The molecule has 1 saturated heterocycles. The number of fused-ring (bicyclic) bond motifs is 4. The fourth-order valence-electron chi connectivity index (χ4n) is 5.18. The highest BCUT2D eigenvalue weighted by molar-refractivity contribution is 5.95. The van der Waals surface area contributed by atoms with E-state index in [1.807, 2.05) is 12.1 Å². The largest absolute Gasteiger partial charge is 0.384 e. The van der Waals surface area contributed by atoms with Gasteiger partial charge < -0.3 is 15.1 Å². The first-order chi connectivity index (χ1) is 15.5. The molecule has 3 heterocycles. The number of rotatable bonds is 5. The number of hydrogen-bond acceptors (Lipinski definition) is 6. The average molecular weight is 427 g/mol. The molecule has 1 aromatic heterocycles. The highest BCUT2D eigenvalue weighted by atomic mass is 15.3. The van der Waals surface area contributed by atoms with Gasteiger partial charge in [0.1, 0.15) is 6.07 Å². The molecule has 0 bridgehead atoms. The van der Waals surface area contributed by atoms with E-state index in [2.05, 4.69) is 82.4 Å². The molecule has 0 spiro atoms. The summed E-state index contributed by atoms with van der Waals surface area (Å²) in [4.78, 5) is 11.8. The van der Waals surface area contributed by atoms with Gasteiger partial charge in [0.2, 0.25) is 0 Å². The Balaban J connectivity index is 1.42. The molecule has 2 aliphatic heterocycles. The van der Waals surface area contributed by atoms with Gasteiger partial charge in [-0.1, -0.05) is 6.07 Å². The summed E-state index contributed by atoms with van der Waals surface area (Å²) in [6, 6.07) is 18.0. The first kappa shape index (κ1) is 20.7. The van der Waals surface area contributed by atoms with Gasteiger partial charge in [-0.3, -0.25) is 9.88 Å². The summed E-state index contributed by atoms with van der Waals surface area (Å²) in [6.45, 7) is 7.21. The van der Waals surface area contributed by atoms with Crippen LogP contribution in [0, 0.1) is 11.3 Å². The van der Waals surface area contributed by atoms with E-state index in [1.165, 1.54) is 22.5 Å². The van der Waals surface area contributed by atoms with Crippen LogP contribution in [0.25, 0.3) is 10.9 Å². The van der Waals surface area contributed by atoms with Gasteiger partial charge >= 0.3 is 0 Å². The lowest BCUT2D eigenvalue weighted by Gasteiger charge is -2.43. The Morgan fingerprint density at radius 1 is 1.19 bits per heavy atom. The molecule has 6 heteroatoms. The van der Waals surface area contributed by atoms with E-state index >= 15 is 0 Å². The lowest BCUT2D eigenvalue weighted by Crippen LogP contribution is -2.51. The van der Waals surface area contributed by atoms with Crippen molar-refractivity contribution in [3.8, 4) is 6.07 Å². The molecule has 5 rings (SSSR count). The topological polar surface area (TPSA) is 58.4 Å². The van der Waals surface area contributed by atoms with Gasteiger partial charge in [-0.2, -0.15) is 5.26 Å². The number of benzene rings is 2. The van der Waals surface area contributed by atoms with Crippen molar-refractivity contribution in [1.82, 2.24) is 14.8 Å². The van der Waals surface area contributed by atoms with Crippen molar-refractivity contribution in [2.75, 3.05) is 50.5 Å². The minimum absolute atomic E-state index is 0.381. The summed E-state index contributed by atoms with van der Waals surface area (Å²) < 4.78 is 0. The van der Waals surface area contributed by atoms with Crippen molar-refractivity contribution in [2.45, 2.75) is 25.6 Å². The van der Waals surface area contributed by atoms with Crippen LogP contribution in [0.5, 0.6) is 0 Å². The van der Waals surface area contributed by atoms with Gasteiger partial charge in [-0.15, -0.1) is 0 Å². The van der Waals surface area contributed by atoms with E-state index < -0.39 is 0 Å². The van der Waals surface area contributed by atoms with Crippen molar-refractivity contribution in [2.24, 2.45) is 0 Å². The summed E-state index contributed by atoms with van der Waals surface area (Å²) in [7, 11) is 4.20. The number of anilines is 2. The molecule has 3 aromatic rings. The maximum Gasteiger partial charge on any atom is 0.101 e. The monoisotopic (exact) mass is 426 g/mol. The molecule has 0 saturated carbocycles. The van der Waals surface area contributed by atoms with Crippen molar-refractivity contribution in [3.63, 3.8) is 0 Å². The molecule has 0 amide bonds. The molecule has 32 heavy (non-hydrogen) atoms. The number of nitrogens with one attached hydrogen (secondary N) is 1. The van der Waals surface area contributed by atoms with Gasteiger partial charge in [-0.05, 0) is 68.5 Å². The van der Waals surface area contributed by atoms with Gasteiger partial charge in [0, 0.05) is 61.7 Å². The molecule has 6 nitrogen and oxygen atoms in total. The first-order valence-corrected chi connectivity index (χ1v) is 11.3. The van der Waals surface area contributed by atoms with E-state index in [4.69, 9.17) is 0 Å². The second kappa shape index (κ2) is 8.42. The summed E-state index contributed by atoms with van der Waals surface area (Å²) >= 11 is 0. The van der Waals surface area contributed by atoms with Crippen LogP contribution < -0.4 is 10.2 Å². The van der Waals surface area contributed by atoms with Crippen LogP contribution in [0.2, 0.25) is 0 Å². The van der Waals surface area contributed by atoms with E-state index in [-0.39, 0.29) is 0 Å². The minimum atomic E-state index is 0.381. The predicted molar refractivity (Wildman–Crippen MR) is 130 cm³/mol. The summed E-state index contributed by atoms with van der Waals surface area (Å²) in [5.41, 5.74) is 6.69. The van der Waals surface area contributed by atoms with Crippen molar-refractivity contribution < 1.29 is 0 Å². The highest BCUT2D eigenvalue weighted by Gasteiger charge is 2.39.